The summed E-state index contributed by atoms with van der Waals surface area (Å²) < 4.78 is 0. The summed E-state index contributed by atoms with van der Waals surface area (Å²) in [6, 6.07) is 8.30. The minimum absolute atomic E-state index is 0.0953. The van der Waals surface area contributed by atoms with Gasteiger partial charge in [0.25, 0.3) is 0 Å². The van der Waals surface area contributed by atoms with E-state index in [4.69, 9.17) is 0 Å². The van der Waals surface area contributed by atoms with Crippen LogP contribution in [0.1, 0.15) is 24.8 Å². The van der Waals surface area contributed by atoms with E-state index in [1.807, 2.05) is 12.1 Å². The number of amides is 1. The number of nitrogens with one attached hydrogen (secondary N) is 1. The molecule has 2 heterocycles. The quantitative estimate of drug-likeness (QED) is 0.894. The van der Waals surface area contributed by atoms with Gasteiger partial charge >= 0.3 is 0 Å². The van der Waals surface area contributed by atoms with Crippen molar-refractivity contribution in [3.63, 3.8) is 0 Å². The van der Waals surface area contributed by atoms with E-state index < -0.39 is 0 Å². The number of carbonyl (C=O) groups is 1. The Morgan fingerprint density at radius 1 is 1.00 bits per heavy atom. The van der Waals surface area contributed by atoms with Crippen LogP contribution >= 0.6 is 0 Å². The van der Waals surface area contributed by atoms with Crippen LogP contribution in [0.25, 0.3) is 0 Å². The molecule has 0 spiro atoms. The van der Waals surface area contributed by atoms with Crippen molar-refractivity contribution in [3.05, 3.63) is 29.8 Å². The number of likely N-dealkylation sites (tertiary alicyclic amines) is 1. The molecule has 0 saturated carbocycles. The van der Waals surface area contributed by atoms with E-state index in [1.165, 1.54) is 31.5 Å². The van der Waals surface area contributed by atoms with Crippen LogP contribution in [0.2, 0.25) is 0 Å². The first-order valence-electron chi connectivity index (χ1n) is 9.21. The fraction of sp³-hybridized carbons (Fsp3) is 0.632. The summed E-state index contributed by atoms with van der Waals surface area (Å²) in [5.74, 6) is 0.0953. The average Bonchev–Trinajstić information content (AvgIpc) is 2.97. The van der Waals surface area contributed by atoms with Gasteiger partial charge in [-0.3, -0.25) is 14.6 Å². The summed E-state index contributed by atoms with van der Waals surface area (Å²) >= 11 is 0. The van der Waals surface area contributed by atoms with Crippen molar-refractivity contribution >= 4 is 11.6 Å². The maximum Gasteiger partial charge on any atom is 0.238 e. The zero-order valence-electron chi connectivity index (χ0n) is 14.8. The van der Waals surface area contributed by atoms with Crippen LogP contribution in [0.15, 0.2) is 24.3 Å². The van der Waals surface area contributed by atoms with E-state index in [0.717, 1.165) is 44.8 Å². The molecule has 0 aliphatic carbocycles. The molecule has 0 atom stereocenters. The number of hydrogen-bond acceptors (Lipinski definition) is 4. The molecule has 5 heteroatoms. The van der Waals surface area contributed by atoms with E-state index in [9.17, 15) is 4.79 Å². The van der Waals surface area contributed by atoms with Gasteiger partial charge in [-0.05, 0) is 70.2 Å². The van der Waals surface area contributed by atoms with Crippen LogP contribution < -0.4 is 5.32 Å². The van der Waals surface area contributed by atoms with Gasteiger partial charge in [-0.2, -0.15) is 0 Å². The largest absolute Gasteiger partial charge is 0.325 e. The lowest BCUT2D eigenvalue weighted by Crippen LogP contribution is -2.35. The molecule has 24 heavy (non-hydrogen) atoms. The van der Waals surface area contributed by atoms with E-state index in [2.05, 4.69) is 39.2 Å². The first-order valence-corrected chi connectivity index (χ1v) is 9.21. The monoisotopic (exact) mass is 330 g/mol. The molecule has 1 amide bonds. The third kappa shape index (κ3) is 5.30. The Bertz CT molecular complexity index is 542. The van der Waals surface area contributed by atoms with Crippen LogP contribution in [0.5, 0.6) is 0 Å². The molecule has 1 aromatic carbocycles. The highest BCUT2D eigenvalue weighted by Gasteiger charge is 2.15. The van der Waals surface area contributed by atoms with Crippen molar-refractivity contribution in [2.45, 2.75) is 25.8 Å². The van der Waals surface area contributed by atoms with E-state index >= 15 is 0 Å². The van der Waals surface area contributed by atoms with Gasteiger partial charge in [0.05, 0.1) is 6.54 Å². The van der Waals surface area contributed by atoms with Gasteiger partial charge in [0.2, 0.25) is 5.91 Å². The minimum atomic E-state index is 0.0953. The summed E-state index contributed by atoms with van der Waals surface area (Å²) in [6.07, 6.45) is 3.75. The molecule has 3 rings (SSSR count). The Kier molecular flexibility index (Phi) is 6.24. The summed E-state index contributed by atoms with van der Waals surface area (Å²) in [7, 11) is 2.15. The SMILES string of the molecule is CN1CCCN(CC(=O)Nc2cccc(CN3CCCC3)c2)CC1. The number of anilines is 1. The van der Waals surface area contributed by atoms with Crippen molar-refractivity contribution in [3.8, 4) is 0 Å². The van der Waals surface area contributed by atoms with Crippen LogP contribution in [-0.2, 0) is 11.3 Å². The topological polar surface area (TPSA) is 38.8 Å². The second-order valence-corrected chi connectivity index (χ2v) is 7.16. The molecule has 132 valence electrons. The van der Waals surface area contributed by atoms with Crippen molar-refractivity contribution in [2.24, 2.45) is 0 Å². The Morgan fingerprint density at radius 2 is 1.79 bits per heavy atom. The lowest BCUT2D eigenvalue weighted by atomic mass is 10.2. The summed E-state index contributed by atoms with van der Waals surface area (Å²) in [5.41, 5.74) is 2.20. The number of hydrogen-bond donors (Lipinski definition) is 1. The average molecular weight is 330 g/mol. The van der Waals surface area contributed by atoms with E-state index in [0.29, 0.717) is 6.54 Å². The number of likely N-dealkylation sites (N-methyl/N-ethyl adjacent to an activating group) is 1. The normalized spacial score (nSPS) is 20.9. The second-order valence-electron chi connectivity index (χ2n) is 7.16. The Morgan fingerprint density at radius 3 is 2.62 bits per heavy atom. The lowest BCUT2D eigenvalue weighted by Gasteiger charge is -2.19. The van der Waals surface area contributed by atoms with Crippen molar-refractivity contribution in [1.82, 2.24) is 14.7 Å². The third-order valence-corrected chi connectivity index (χ3v) is 4.99. The second kappa shape index (κ2) is 8.60. The molecule has 2 saturated heterocycles. The van der Waals surface area contributed by atoms with Gasteiger partial charge in [0.1, 0.15) is 0 Å². The molecule has 1 aromatic rings. The number of benzene rings is 1. The van der Waals surface area contributed by atoms with Gasteiger partial charge in [0.15, 0.2) is 0 Å². The molecule has 1 N–H and O–H groups in total. The molecular formula is C19H30N4O. The van der Waals surface area contributed by atoms with Crippen LogP contribution in [0, 0.1) is 0 Å². The van der Waals surface area contributed by atoms with Gasteiger partial charge in [0, 0.05) is 25.3 Å². The molecule has 2 fully saturated rings. The van der Waals surface area contributed by atoms with Gasteiger partial charge in [-0.15, -0.1) is 0 Å². The van der Waals surface area contributed by atoms with E-state index in [-0.39, 0.29) is 5.91 Å². The highest BCUT2D eigenvalue weighted by molar-refractivity contribution is 5.92. The Balaban J connectivity index is 1.50. The maximum atomic E-state index is 12.4. The molecule has 0 radical (unpaired) electrons. The number of rotatable bonds is 5. The Labute approximate surface area is 145 Å². The molecule has 0 bridgehead atoms. The lowest BCUT2D eigenvalue weighted by molar-refractivity contribution is -0.117. The van der Waals surface area contributed by atoms with Crippen LogP contribution in [-0.4, -0.2) is 73.5 Å². The smallest absolute Gasteiger partial charge is 0.238 e. The van der Waals surface area contributed by atoms with Crippen molar-refractivity contribution < 1.29 is 4.79 Å². The van der Waals surface area contributed by atoms with E-state index in [1.54, 1.807) is 0 Å². The predicted molar refractivity (Wildman–Crippen MR) is 98.1 cm³/mol. The standard InChI is InChI=1S/C19H30N4O/c1-21-8-5-11-23(13-12-21)16-19(24)20-18-7-4-6-17(14-18)15-22-9-2-3-10-22/h4,6-7,14H,2-3,5,8-13,15-16H2,1H3,(H,20,24). The Hall–Kier alpha value is -1.43. The summed E-state index contributed by atoms with van der Waals surface area (Å²) in [6.45, 7) is 8.01. The first-order chi connectivity index (χ1) is 11.7. The fourth-order valence-corrected chi connectivity index (χ4v) is 3.61. The fourth-order valence-electron chi connectivity index (χ4n) is 3.61. The van der Waals surface area contributed by atoms with Crippen LogP contribution in [0.4, 0.5) is 5.69 Å². The van der Waals surface area contributed by atoms with Gasteiger partial charge < -0.3 is 10.2 Å². The third-order valence-electron chi connectivity index (χ3n) is 4.99. The molecule has 5 nitrogen and oxygen atoms in total. The van der Waals surface area contributed by atoms with Gasteiger partial charge in [-0.1, -0.05) is 12.1 Å². The predicted octanol–water partition coefficient (Wildman–Crippen LogP) is 1.86. The van der Waals surface area contributed by atoms with Crippen molar-refractivity contribution in [2.75, 3.05) is 58.2 Å². The number of carbonyl (C=O) groups excluding carboxylic acids is 1. The molecule has 2 aliphatic heterocycles. The molecular weight excluding hydrogens is 300 g/mol. The molecule has 0 aromatic heterocycles. The minimum Gasteiger partial charge on any atom is -0.325 e. The molecule has 2 aliphatic rings. The zero-order valence-corrected chi connectivity index (χ0v) is 14.8. The summed E-state index contributed by atoms with van der Waals surface area (Å²) in [5, 5.41) is 3.07. The van der Waals surface area contributed by atoms with Crippen LogP contribution in [0.3, 0.4) is 0 Å². The molecule has 0 unspecified atom stereocenters. The highest BCUT2D eigenvalue weighted by Crippen LogP contribution is 2.16. The maximum absolute atomic E-state index is 12.4. The van der Waals surface area contributed by atoms with Crippen molar-refractivity contribution in [1.29, 1.82) is 0 Å². The zero-order chi connectivity index (χ0) is 16.8. The number of nitrogens with zero attached hydrogens (tertiary/aromatic N) is 3. The highest BCUT2D eigenvalue weighted by atomic mass is 16.2. The van der Waals surface area contributed by atoms with Gasteiger partial charge in [-0.25, -0.2) is 0 Å². The summed E-state index contributed by atoms with van der Waals surface area (Å²) in [4.78, 5) is 19.4. The first kappa shape index (κ1) is 17.4.